The van der Waals surface area contributed by atoms with Gasteiger partial charge in [0.2, 0.25) is 0 Å². The first-order chi connectivity index (χ1) is 33.9. The van der Waals surface area contributed by atoms with Crippen LogP contribution in [0, 0.1) is 10.8 Å². The van der Waals surface area contributed by atoms with Gasteiger partial charge in [-0.3, -0.25) is 26.1 Å². The molecule has 2 aliphatic rings. The van der Waals surface area contributed by atoms with Gasteiger partial charge in [-0.1, -0.05) is 47.3 Å². The lowest BCUT2D eigenvalue weighted by molar-refractivity contribution is 0.0629. The van der Waals surface area contributed by atoms with Crippen LogP contribution >= 0.6 is 12.4 Å². The van der Waals surface area contributed by atoms with Gasteiger partial charge in [0.15, 0.2) is 11.6 Å². The van der Waals surface area contributed by atoms with Crippen LogP contribution in [0.25, 0.3) is 23.0 Å². The number of piperidine rings is 2. The van der Waals surface area contributed by atoms with Crippen molar-refractivity contribution in [2.75, 3.05) is 60.7 Å². The Labute approximate surface area is 430 Å². The molecule has 5 amide bonds. The van der Waals surface area contributed by atoms with Gasteiger partial charge in [0.25, 0.3) is 5.91 Å². The number of urea groups is 2. The van der Waals surface area contributed by atoms with Gasteiger partial charge in [-0.2, -0.15) is 0 Å². The molecule has 392 valence electrons. The molecule has 73 heavy (non-hydrogen) atoms. The van der Waals surface area contributed by atoms with Crippen LogP contribution in [-0.4, -0.2) is 133 Å². The Morgan fingerprint density at radius 3 is 1.49 bits per heavy atom. The van der Waals surface area contributed by atoms with Crippen LogP contribution in [0.5, 0.6) is 0 Å². The number of hydrogen-bond acceptors (Lipinski definition) is 15. The number of halogens is 1. The number of aromatic carboxylic acids is 1. The first kappa shape index (κ1) is 58.1. The average molecular weight is 1030 g/mol. The van der Waals surface area contributed by atoms with Crippen LogP contribution in [0.1, 0.15) is 107 Å². The number of nitrogens with one attached hydrogen (secondary N) is 5. The molecule has 6 aromatic heterocycles. The summed E-state index contributed by atoms with van der Waals surface area (Å²) in [6, 6.07) is 14.2. The molecule has 2 atom stereocenters. The maximum Gasteiger partial charge on any atom is 0.335 e. The molecule has 2 aliphatic heterocycles. The lowest BCUT2D eigenvalue weighted by Gasteiger charge is -2.36. The van der Waals surface area contributed by atoms with E-state index < -0.39 is 18.0 Å². The number of nitrogens with zero attached hydrogens (tertiary/aromatic N) is 11. The summed E-state index contributed by atoms with van der Waals surface area (Å²) in [5, 5.41) is 57.3. The van der Waals surface area contributed by atoms with Gasteiger partial charge in [-0.15, -0.1) is 32.8 Å². The monoisotopic (exact) mass is 1030 g/mol. The van der Waals surface area contributed by atoms with Gasteiger partial charge >= 0.3 is 18.0 Å². The van der Waals surface area contributed by atoms with Crippen molar-refractivity contribution in [2.24, 2.45) is 10.8 Å². The van der Waals surface area contributed by atoms with Gasteiger partial charge in [-0.25, -0.2) is 34.3 Å². The molecule has 8 N–H and O–H groups in total. The van der Waals surface area contributed by atoms with Gasteiger partial charge < -0.3 is 34.7 Å². The Kier molecular flexibility index (Phi) is 21.4. The molecule has 0 aliphatic carbocycles. The predicted octanol–water partition coefficient (Wildman–Crippen LogP) is 7.28. The zero-order valence-electron chi connectivity index (χ0n) is 41.1. The maximum absolute atomic E-state index is 12.9. The van der Waals surface area contributed by atoms with E-state index in [1.165, 1.54) is 63.1 Å². The highest BCUT2D eigenvalue weighted by Crippen LogP contribution is 2.31. The molecule has 0 aromatic carbocycles. The molecule has 8 heterocycles. The zero-order valence-corrected chi connectivity index (χ0v) is 41.9. The van der Waals surface area contributed by atoms with E-state index in [0.717, 1.165) is 12.8 Å². The lowest BCUT2D eigenvalue weighted by atomic mass is 9.82. The van der Waals surface area contributed by atoms with Crippen LogP contribution < -0.4 is 26.6 Å². The topological polar surface area (TPSA) is 305 Å². The quantitative estimate of drug-likeness (QED) is 0.0597. The van der Waals surface area contributed by atoms with E-state index in [9.17, 15) is 29.4 Å². The number of rotatable bonds is 12. The smallest absolute Gasteiger partial charge is 0.335 e. The van der Waals surface area contributed by atoms with Crippen LogP contribution in [0.2, 0.25) is 0 Å². The van der Waals surface area contributed by atoms with Crippen LogP contribution in [0.3, 0.4) is 0 Å². The van der Waals surface area contributed by atoms with Crippen LogP contribution in [0.4, 0.5) is 32.9 Å². The molecule has 24 heteroatoms. The molecule has 6 aromatic rings. The number of hydrogen-bond donors (Lipinski definition) is 8. The summed E-state index contributed by atoms with van der Waals surface area (Å²) < 4.78 is 3.38. The number of carbonyl (C=O) groups excluding carboxylic acids is 3. The Bertz CT molecular complexity index is 2750. The Balaban J connectivity index is 0.000000272. The third kappa shape index (κ3) is 16.8. The predicted molar refractivity (Wildman–Crippen MR) is 280 cm³/mol. The third-order valence-corrected chi connectivity index (χ3v) is 11.9. The molecule has 2 saturated heterocycles. The van der Waals surface area contributed by atoms with Crippen molar-refractivity contribution >= 4 is 59.6 Å². The summed E-state index contributed by atoms with van der Waals surface area (Å²) in [7, 11) is 0. The molecule has 0 bridgehead atoms. The van der Waals surface area contributed by atoms with Crippen molar-refractivity contribution in [2.45, 2.75) is 86.7 Å². The van der Waals surface area contributed by atoms with E-state index >= 15 is 0 Å². The highest BCUT2D eigenvalue weighted by molar-refractivity contribution is 6.01. The minimum Gasteiger partial charge on any atom is -0.478 e. The average Bonchev–Trinajstić information content (AvgIpc) is 4.06. The fourth-order valence-electron chi connectivity index (χ4n) is 7.32. The number of carbonyl (C=O) groups is 4. The van der Waals surface area contributed by atoms with Crippen molar-refractivity contribution in [3.63, 3.8) is 0 Å². The minimum absolute atomic E-state index is 0. The van der Waals surface area contributed by atoms with Crippen molar-refractivity contribution < 1.29 is 34.5 Å². The van der Waals surface area contributed by atoms with Crippen molar-refractivity contribution in [1.82, 2.24) is 59.7 Å². The number of carboxylic acids is 1. The van der Waals surface area contributed by atoms with E-state index in [1.807, 2.05) is 11.8 Å². The van der Waals surface area contributed by atoms with E-state index in [4.69, 9.17) is 5.11 Å². The summed E-state index contributed by atoms with van der Waals surface area (Å²) in [6.45, 7) is 16.4. The van der Waals surface area contributed by atoms with Crippen molar-refractivity contribution in [1.29, 1.82) is 0 Å². The number of aliphatic hydroxyl groups excluding tert-OH is 2. The fourth-order valence-corrected chi connectivity index (χ4v) is 7.32. The Morgan fingerprint density at radius 1 is 0.644 bits per heavy atom. The molecular weight excluding hydrogens is 960 g/mol. The van der Waals surface area contributed by atoms with Crippen molar-refractivity contribution in [3.05, 3.63) is 96.8 Å². The summed E-state index contributed by atoms with van der Waals surface area (Å²) in [5.41, 5.74) is 2.30. The number of carboxylic acid groups (broad SMARTS) is 1. The fraction of sp³-hybridized carbons (Fsp3) is 0.429. The largest absolute Gasteiger partial charge is 0.478 e. The molecule has 8 rings (SSSR count). The highest BCUT2D eigenvalue weighted by atomic mass is 35.5. The molecule has 0 saturated carbocycles. The second kappa shape index (κ2) is 26.8. The summed E-state index contributed by atoms with van der Waals surface area (Å²) in [5.74, 6) is 0.628. The maximum atomic E-state index is 12.9. The number of anilines is 4. The normalized spacial score (nSPS) is 15.2. The summed E-state index contributed by atoms with van der Waals surface area (Å²) in [6.07, 6.45) is 10.4. The van der Waals surface area contributed by atoms with E-state index in [1.54, 1.807) is 64.6 Å². The number of aromatic nitrogens is 10. The second-order valence-electron chi connectivity index (χ2n) is 18.7. The van der Waals surface area contributed by atoms with Crippen LogP contribution in [-0.2, 0) is 0 Å². The zero-order chi connectivity index (χ0) is 51.1. The Hall–Kier alpha value is -7.47. The molecule has 2 fully saturated rings. The van der Waals surface area contributed by atoms with Gasteiger partial charge in [-0.05, 0) is 112 Å². The first-order valence-electron chi connectivity index (χ1n) is 23.2. The van der Waals surface area contributed by atoms with E-state index in [-0.39, 0.29) is 79.5 Å². The van der Waals surface area contributed by atoms with E-state index in [2.05, 4.69) is 94.6 Å². The number of amides is 5. The van der Waals surface area contributed by atoms with E-state index in [0.29, 0.717) is 52.9 Å². The molecular formula is C49H67ClN16O7. The second-order valence-corrected chi connectivity index (χ2v) is 18.7. The highest BCUT2D eigenvalue weighted by Gasteiger charge is 2.29. The number of pyridine rings is 4. The molecule has 0 radical (unpaired) electrons. The Morgan fingerprint density at radius 2 is 1.07 bits per heavy atom. The SMILES string of the molecule is C.CC1(C)CCNCC1.C[C@H](CO)n1cnnc1-c1cccc(NC(=O)Nc2cc(C(=O)N3CCC(C)(C)CC3)ccn2)n1.C[C@H](CO)n1cnnc1-c1cccc(NC(=O)Nc2cc(C(=O)O)ccn2)n1.Cl. The standard InChI is InChI=1S/C24H30N8O3.C17H17N7O4.C7H15N.CH4.ClH/c1-16(14-33)32-15-26-30-21(32)18-5-4-6-19(27-18)28-23(35)29-20-13-17(7-10-25-20)22(34)31-11-8-24(2,3)9-12-31;1-10(8-25)24-9-19-23-15(24)12-3-2-4-13(20-12)21-17(28)22-14-7-11(16(26)27)5-6-18-14;1-7(2)3-5-8-6-4-7;;/h4-7,10,13,15-16,33H,8-9,11-12,14H2,1-3H3,(H2,25,27,28,29,35);2-7,9-10,25H,8H2,1H3,(H,26,27)(H2,18,20,21,22,28);8H,3-6H2,1-2H3;1H4;1H/t16-;10-;;;/m11.../s1. The van der Waals surface area contributed by atoms with Gasteiger partial charge in [0.1, 0.15) is 47.3 Å². The summed E-state index contributed by atoms with van der Waals surface area (Å²) in [4.78, 5) is 67.3. The van der Waals surface area contributed by atoms with Gasteiger partial charge in [0, 0.05) is 31.0 Å². The first-order valence-corrected chi connectivity index (χ1v) is 23.2. The minimum atomic E-state index is -1.12. The molecule has 0 unspecified atom stereocenters. The number of aliphatic hydroxyl groups is 2. The van der Waals surface area contributed by atoms with Crippen LogP contribution in [0.15, 0.2) is 85.7 Å². The van der Waals surface area contributed by atoms with Gasteiger partial charge in [0.05, 0.1) is 30.9 Å². The number of likely N-dealkylation sites (tertiary alicyclic amines) is 1. The van der Waals surface area contributed by atoms with Crippen molar-refractivity contribution in [3.8, 4) is 23.0 Å². The summed E-state index contributed by atoms with van der Waals surface area (Å²) >= 11 is 0. The third-order valence-electron chi connectivity index (χ3n) is 11.9. The molecule has 23 nitrogen and oxygen atoms in total. The molecule has 0 spiro atoms. The lowest BCUT2D eigenvalue weighted by Crippen LogP contribution is -2.41.